The lowest BCUT2D eigenvalue weighted by atomic mass is 9.97. The lowest BCUT2D eigenvalue weighted by Crippen LogP contribution is -1.88. The Bertz CT molecular complexity index is 657. The maximum absolute atomic E-state index is 6.00. The molecular formula is C16H13N. The minimum atomic E-state index is 0.834. The van der Waals surface area contributed by atoms with E-state index in [9.17, 15) is 0 Å². The van der Waals surface area contributed by atoms with Crippen LogP contribution in [-0.4, -0.2) is 0 Å². The van der Waals surface area contributed by atoms with Crippen LogP contribution in [0.25, 0.3) is 21.9 Å². The zero-order valence-electron chi connectivity index (χ0n) is 9.43. The second-order valence-electron chi connectivity index (χ2n) is 4.11. The molecule has 1 nitrogen and oxygen atoms in total. The first kappa shape index (κ1) is 9.91. The van der Waals surface area contributed by atoms with Crippen LogP contribution in [0.1, 0.15) is 0 Å². The fourth-order valence-electron chi connectivity index (χ4n) is 2.19. The fraction of sp³-hybridized carbons (Fsp3) is 0. The zero-order chi connectivity index (χ0) is 11.7. The molecule has 0 saturated carbocycles. The lowest BCUT2D eigenvalue weighted by molar-refractivity contribution is 1.65. The smallest absolute Gasteiger partial charge is 0.0394 e. The Hall–Kier alpha value is -2.28. The van der Waals surface area contributed by atoms with E-state index in [1.807, 2.05) is 24.3 Å². The van der Waals surface area contributed by atoms with Gasteiger partial charge in [0.05, 0.1) is 0 Å². The maximum Gasteiger partial charge on any atom is 0.0394 e. The normalized spacial score (nSPS) is 10.6. The predicted octanol–water partition coefficient (Wildman–Crippen LogP) is 4.09. The summed E-state index contributed by atoms with van der Waals surface area (Å²) in [5.74, 6) is 0. The Morgan fingerprint density at radius 2 is 1.24 bits per heavy atom. The van der Waals surface area contributed by atoms with E-state index in [0.717, 1.165) is 11.1 Å². The van der Waals surface area contributed by atoms with Gasteiger partial charge in [-0.15, -0.1) is 0 Å². The van der Waals surface area contributed by atoms with Gasteiger partial charge in [-0.3, -0.25) is 0 Å². The molecule has 0 fully saturated rings. The number of fused-ring (bicyclic) bond motifs is 1. The first-order valence-electron chi connectivity index (χ1n) is 5.69. The molecule has 0 bridgehead atoms. The highest BCUT2D eigenvalue weighted by Gasteiger charge is 2.04. The van der Waals surface area contributed by atoms with Crippen LogP contribution in [0.3, 0.4) is 0 Å². The average molecular weight is 219 g/mol. The molecule has 3 aromatic carbocycles. The van der Waals surface area contributed by atoms with Crippen molar-refractivity contribution in [1.29, 1.82) is 0 Å². The van der Waals surface area contributed by atoms with Crippen LogP contribution in [0.15, 0.2) is 66.7 Å². The van der Waals surface area contributed by atoms with Gasteiger partial charge in [0.2, 0.25) is 0 Å². The second-order valence-corrected chi connectivity index (χ2v) is 4.11. The number of benzene rings is 3. The van der Waals surface area contributed by atoms with E-state index in [1.54, 1.807) is 0 Å². The molecule has 3 aromatic rings. The minimum Gasteiger partial charge on any atom is -0.398 e. The van der Waals surface area contributed by atoms with Crippen LogP contribution in [0.5, 0.6) is 0 Å². The summed E-state index contributed by atoms with van der Waals surface area (Å²) in [7, 11) is 0. The third-order valence-electron chi connectivity index (χ3n) is 3.04. The van der Waals surface area contributed by atoms with Crippen molar-refractivity contribution >= 4 is 16.5 Å². The molecule has 0 aliphatic carbocycles. The summed E-state index contributed by atoms with van der Waals surface area (Å²) in [5.41, 5.74) is 9.29. The highest BCUT2D eigenvalue weighted by molar-refractivity contribution is 6.02. The number of hydrogen-bond acceptors (Lipinski definition) is 1. The van der Waals surface area contributed by atoms with E-state index in [-0.39, 0.29) is 0 Å². The van der Waals surface area contributed by atoms with E-state index >= 15 is 0 Å². The van der Waals surface area contributed by atoms with Crippen molar-refractivity contribution in [3.63, 3.8) is 0 Å². The zero-order valence-corrected chi connectivity index (χ0v) is 9.43. The van der Waals surface area contributed by atoms with Gasteiger partial charge in [0, 0.05) is 11.1 Å². The summed E-state index contributed by atoms with van der Waals surface area (Å²) in [5, 5.41) is 2.33. The molecule has 1 heteroatoms. The largest absolute Gasteiger partial charge is 0.398 e. The van der Waals surface area contributed by atoms with Gasteiger partial charge in [0.1, 0.15) is 0 Å². The number of nitrogen functional groups attached to an aromatic ring is 1. The van der Waals surface area contributed by atoms with Gasteiger partial charge >= 0.3 is 0 Å². The van der Waals surface area contributed by atoms with Crippen molar-refractivity contribution < 1.29 is 0 Å². The molecule has 0 amide bonds. The molecule has 0 aliphatic heterocycles. The number of hydrogen-bond donors (Lipinski definition) is 1. The lowest BCUT2D eigenvalue weighted by Gasteiger charge is -2.08. The maximum atomic E-state index is 6.00. The van der Waals surface area contributed by atoms with Crippen molar-refractivity contribution in [3.05, 3.63) is 66.7 Å². The topological polar surface area (TPSA) is 26.0 Å². The molecule has 17 heavy (non-hydrogen) atoms. The molecule has 82 valence electrons. The van der Waals surface area contributed by atoms with E-state index in [0.29, 0.717) is 0 Å². The molecule has 0 aliphatic rings. The Labute approximate surface area is 101 Å². The predicted molar refractivity (Wildman–Crippen MR) is 73.8 cm³/mol. The van der Waals surface area contributed by atoms with Gasteiger partial charge in [0.25, 0.3) is 0 Å². The summed E-state index contributed by atoms with van der Waals surface area (Å²) < 4.78 is 0. The monoisotopic (exact) mass is 219 g/mol. The quantitative estimate of drug-likeness (QED) is 0.613. The summed E-state index contributed by atoms with van der Waals surface area (Å²) in [6, 6.07) is 22.7. The van der Waals surface area contributed by atoms with Crippen molar-refractivity contribution in [3.8, 4) is 11.1 Å². The number of rotatable bonds is 1. The SMILES string of the molecule is Nc1ccc(-c2ccccc2)c2ccccc12. The van der Waals surface area contributed by atoms with Crippen molar-refractivity contribution in [1.82, 2.24) is 0 Å². The fourth-order valence-corrected chi connectivity index (χ4v) is 2.19. The van der Waals surface area contributed by atoms with Crippen LogP contribution >= 0.6 is 0 Å². The highest BCUT2D eigenvalue weighted by Crippen LogP contribution is 2.31. The number of nitrogens with two attached hydrogens (primary N) is 1. The minimum absolute atomic E-state index is 0.834. The third kappa shape index (κ3) is 1.66. The van der Waals surface area contributed by atoms with Crippen molar-refractivity contribution in [2.75, 3.05) is 5.73 Å². The molecule has 0 unspecified atom stereocenters. The third-order valence-corrected chi connectivity index (χ3v) is 3.04. The molecule has 0 aromatic heterocycles. The molecule has 0 saturated heterocycles. The van der Waals surface area contributed by atoms with Crippen LogP contribution in [0, 0.1) is 0 Å². The van der Waals surface area contributed by atoms with Gasteiger partial charge in [-0.2, -0.15) is 0 Å². The molecule has 0 heterocycles. The Morgan fingerprint density at radius 3 is 2.00 bits per heavy atom. The van der Waals surface area contributed by atoms with Crippen LogP contribution < -0.4 is 5.73 Å². The number of anilines is 1. The Balaban J connectivity index is 2.35. The Morgan fingerprint density at radius 1 is 0.588 bits per heavy atom. The van der Waals surface area contributed by atoms with E-state index in [2.05, 4.69) is 42.5 Å². The van der Waals surface area contributed by atoms with E-state index < -0.39 is 0 Å². The summed E-state index contributed by atoms with van der Waals surface area (Å²) in [6.45, 7) is 0. The molecule has 0 radical (unpaired) electrons. The first-order valence-corrected chi connectivity index (χ1v) is 5.69. The van der Waals surface area contributed by atoms with Crippen molar-refractivity contribution in [2.24, 2.45) is 0 Å². The summed E-state index contributed by atoms with van der Waals surface area (Å²) in [6.07, 6.45) is 0. The summed E-state index contributed by atoms with van der Waals surface area (Å²) in [4.78, 5) is 0. The van der Waals surface area contributed by atoms with Crippen LogP contribution in [0.2, 0.25) is 0 Å². The van der Waals surface area contributed by atoms with Crippen LogP contribution in [-0.2, 0) is 0 Å². The van der Waals surface area contributed by atoms with Gasteiger partial charge < -0.3 is 5.73 Å². The Kier molecular flexibility index (Phi) is 2.30. The molecule has 0 atom stereocenters. The molecular weight excluding hydrogens is 206 g/mol. The summed E-state index contributed by atoms with van der Waals surface area (Å²) >= 11 is 0. The molecule has 3 rings (SSSR count). The van der Waals surface area contributed by atoms with E-state index in [1.165, 1.54) is 16.5 Å². The highest BCUT2D eigenvalue weighted by atomic mass is 14.5. The van der Waals surface area contributed by atoms with Crippen LogP contribution in [0.4, 0.5) is 5.69 Å². The van der Waals surface area contributed by atoms with Gasteiger partial charge in [0.15, 0.2) is 0 Å². The van der Waals surface area contributed by atoms with Gasteiger partial charge in [-0.25, -0.2) is 0 Å². The average Bonchev–Trinajstić information content (AvgIpc) is 2.41. The molecule has 2 N–H and O–H groups in total. The van der Waals surface area contributed by atoms with Gasteiger partial charge in [-0.05, 0) is 22.6 Å². The standard InChI is InChI=1S/C16H13N/c17-16-11-10-13(12-6-2-1-3-7-12)14-8-4-5-9-15(14)16/h1-11H,17H2. The van der Waals surface area contributed by atoms with E-state index in [4.69, 9.17) is 5.73 Å². The van der Waals surface area contributed by atoms with Gasteiger partial charge in [-0.1, -0.05) is 60.7 Å². The second kappa shape index (κ2) is 3.95. The first-order chi connectivity index (χ1) is 8.36. The molecule has 0 spiro atoms. The van der Waals surface area contributed by atoms with Crippen molar-refractivity contribution in [2.45, 2.75) is 0 Å².